The predicted molar refractivity (Wildman–Crippen MR) is 91.2 cm³/mol. The van der Waals surface area contributed by atoms with Crippen LogP contribution in [-0.2, 0) is 9.53 Å². The zero-order valence-electron chi connectivity index (χ0n) is 13.3. The Bertz CT molecular complexity index is 623. The van der Waals surface area contributed by atoms with Gasteiger partial charge in [0, 0.05) is 0 Å². The Morgan fingerprint density at radius 3 is 2.50 bits per heavy atom. The molecule has 0 heterocycles. The van der Waals surface area contributed by atoms with Crippen molar-refractivity contribution in [3.8, 4) is 0 Å². The third kappa shape index (κ3) is 3.30. The van der Waals surface area contributed by atoms with Gasteiger partial charge < -0.3 is 15.4 Å². The molecule has 1 aromatic rings. The average molecular weight is 318 g/mol. The Morgan fingerprint density at radius 1 is 1.41 bits per heavy atom. The first-order chi connectivity index (χ1) is 10.4. The van der Waals surface area contributed by atoms with E-state index in [4.69, 9.17) is 22.7 Å². The van der Waals surface area contributed by atoms with Gasteiger partial charge in [0.15, 0.2) is 5.11 Å². The van der Waals surface area contributed by atoms with Crippen LogP contribution in [0.1, 0.15) is 35.6 Å². The lowest BCUT2D eigenvalue weighted by molar-refractivity contribution is -0.137. The molecule has 0 saturated heterocycles. The molecule has 0 aromatic heterocycles. The van der Waals surface area contributed by atoms with Gasteiger partial charge in [-0.1, -0.05) is 24.8 Å². The smallest absolute Gasteiger partial charge is 0.354 e. The Labute approximate surface area is 136 Å². The second-order valence-corrected chi connectivity index (χ2v) is 6.19. The van der Waals surface area contributed by atoms with E-state index in [9.17, 15) is 4.79 Å². The van der Waals surface area contributed by atoms with Gasteiger partial charge in [-0.25, -0.2) is 4.79 Å². The largest absolute Gasteiger partial charge is 0.464 e. The van der Waals surface area contributed by atoms with E-state index < -0.39 is 5.97 Å². The van der Waals surface area contributed by atoms with E-state index in [0.29, 0.717) is 5.92 Å². The van der Waals surface area contributed by atoms with Crippen LogP contribution in [0.25, 0.3) is 0 Å². The molecular formula is C17H22N2O2S. The number of rotatable bonds is 5. The molecule has 118 valence electrons. The molecule has 1 aliphatic rings. The summed E-state index contributed by atoms with van der Waals surface area (Å²) in [6, 6.07) is 6.22. The number of carbonyl (C=O) groups is 1. The van der Waals surface area contributed by atoms with Crippen molar-refractivity contribution >= 4 is 23.3 Å². The van der Waals surface area contributed by atoms with E-state index in [1.54, 1.807) is 4.90 Å². The maximum absolute atomic E-state index is 11.9. The van der Waals surface area contributed by atoms with Gasteiger partial charge in [-0.2, -0.15) is 0 Å². The number of hydrogen-bond acceptors (Lipinski definition) is 3. The van der Waals surface area contributed by atoms with Crippen LogP contribution in [0.4, 0.5) is 0 Å². The molecule has 1 fully saturated rings. The molecule has 5 heteroatoms. The second kappa shape index (κ2) is 6.48. The van der Waals surface area contributed by atoms with Crippen molar-refractivity contribution in [3.05, 3.63) is 47.2 Å². The molecule has 0 amide bonds. The summed E-state index contributed by atoms with van der Waals surface area (Å²) in [5.41, 5.74) is 9.61. The minimum atomic E-state index is -0.512. The summed E-state index contributed by atoms with van der Waals surface area (Å²) in [6.07, 6.45) is 2.18. The normalized spacial score (nSPS) is 15.0. The topological polar surface area (TPSA) is 55.6 Å². The van der Waals surface area contributed by atoms with Crippen LogP contribution in [0.2, 0.25) is 0 Å². The second-order valence-electron chi connectivity index (χ2n) is 5.77. The van der Waals surface area contributed by atoms with Gasteiger partial charge >= 0.3 is 5.97 Å². The number of nitrogens with zero attached hydrogens (tertiary/aromatic N) is 1. The maximum atomic E-state index is 11.9. The van der Waals surface area contributed by atoms with Crippen LogP contribution in [0.15, 0.2) is 30.5 Å². The fourth-order valence-electron chi connectivity index (χ4n) is 2.65. The molecule has 0 spiro atoms. The number of carbonyl (C=O) groups excluding carboxylic acids is 1. The highest BCUT2D eigenvalue weighted by Gasteiger charge is 2.39. The monoisotopic (exact) mass is 318 g/mol. The Balaban J connectivity index is 2.43. The first-order valence-corrected chi connectivity index (χ1v) is 7.70. The molecule has 0 radical (unpaired) electrons. The Hall–Kier alpha value is -1.88. The SMILES string of the molecule is C=C(C(=O)OC)N(C(N)=S)C(c1ccc(C)c(C)c1)C1CC1. The number of nitrogens with two attached hydrogens (primary N) is 1. The highest BCUT2D eigenvalue weighted by molar-refractivity contribution is 7.80. The van der Waals surface area contributed by atoms with Gasteiger partial charge in [-0.15, -0.1) is 0 Å². The van der Waals surface area contributed by atoms with Gasteiger partial charge in [-0.05, 0) is 61.5 Å². The lowest BCUT2D eigenvalue weighted by Gasteiger charge is -2.33. The molecule has 2 N–H and O–H groups in total. The third-order valence-electron chi connectivity index (χ3n) is 4.17. The van der Waals surface area contributed by atoms with Crippen molar-refractivity contribution in [1.82, 2.24) is 4.90 Å². The number of hydrogen-bond donors (Lipinski definition) is 1. The van der Waals surface area contributed by atoms with E-state index in [1.165, 1.54) is 18.2 Å². The highest BCUT2D eigenvalue weighted by atomic mass is 32.1. The van der Waals surface area contributed by atoms with Crippen LogP contribution < -0.4 is 5.73 Å². The van der Waals surface area contributed by atoms with Crippen LogP contribution >= 0.6 is 12.2 Å². The molecule has 1 aromatic carbocycles. The Kier molecular flexibility index (Phi) is 4.86. The van der Waals surface area contributed by atoms with E-state index in [2.05, 4.69) is 38.6 Å². The number of ether oxygens (including phenoxy) is 1. The molecule has 2 rings (SSSR count). The van der Waals surface area contributed by atoms with Crippen molar-refractivity contribution in [2.45, 2.75) is 32.7 Å². The lowest BCUT2D eigenvalue weighted by Crippen LogP contribution is -2.41. The van der Waals surface area contributed by atoms with Crippen LogP contribution in [-0.4, -0.2) is 23.1 Å². The predicted octanol–water partition coefficient (Wildman–Crippen LogP) is 2.99. The van der Waals surface area contributed by atoms with E-state index in [0.717, 1.165) is 18.4 Å². The number of esters is 1. The molecule has 0 bridgehead atoms. The maximum Gasteiger partial charge on any atom is 0.354 e. The molecule has 1 unspecified atom stereocenters. The summed E-state index contributed by atoms with van der Waals surface area (Å²) in [7, 11) is 1.33. The number of methoxy groups -OCH3 is 1. The summed E-state index contributed by atoms with van der Waals surface area (Å²) in [5.74, 6) is -0.0905. The average Bonchev–Trinajstić information content (AvgIpc) is 3.30. The van der Waals surface area contributed by atoms with Crippen LogP contribution in [0.3, 0.4) is 0 Å². The molecular weight excluding hydrogens is 296 g/mol. The van der Waals surface area contributed by atoms with Gasteiger partial charge in [0.25, 0.3) is 0 Å². The van der Waals surface area contributed by atoms with Crippen molar-refractivity contribution in [2.24, 2.45) is 11.7 Å². The van der Waals surface area contributed by atoms with Gasteiger partial charge in [-0.3, -0.25) is 0 Å². The van der Waals surface area contributed by atoms with Crippen molar-refractivity contribution in [1.29, 1.82) is 0 Å². The van der Waals surface area contributed by atoms with Crippen molar-refractivity contribution < 1.29 is 9.53 Å². The lowest BCUT2D eigenvalue weighted by atomic mass is 9.96. The highest BCUT2D eigenvalue weighted by Crippen LogP contribution is 2.46. The third-order valence-corrected chi connectivity index (χ3v) is 4.37. The number of benzene rings is 1. The van der Waals surface area contributed by atoms with Crippen LogP contribution in [0.5, 0.6) is 0 Å². The van der Waals surface area contributed by atoms with Crippen molar-refractivity contribution in [2.75, 3.05) is 7.11 Å². The standard InChI is InChI=1S/C17H22N2O2S/c1-10-5-6-14(9-11(10)2)15(13-7-8-13)19(17(18)22)12(3)16(20)21-4/h5-6,9,13,15H,3,7-8H2,1-2,4H3,(H2,18,22). The fraction of sp³-hybridized carbons (Fsp3) is 0.412. The van der Waals surface area contributed by atoms with Gasteiger partial charge in [0.1, 0.15) is 5.70 Å². The van der Waals surface area contributed by atoms with Crippen LogP contribution in [0, 0.1) is 19.8 Å². The summed E-state index contributed by atoms with van der Waals surface area (Å²) in [6.45, 7) is 7.97. The quantitative estimate of drug-likeness (QED) is 0.514. The molecule has 1 saturated carbocycles. The Morgan fingerprint density at radius 2 is 2.05 bits per heavy atom. The first kappa shape index (κ1) is 16.5. The van der Waals surface area contributed by atoms with E-state index in [1.807, 2.05) is 0 Å². The zero-order chi connectivity index (χ0) is 16.4. The van der Waals surface area contributed by atoms with Crippen molar-refractivity contribution in [3.63, 3.8) is 0 Å². The molecule has 4 nitrogen and oxygen atoms in total. The molecule has 0 aliphatic heterocycles. The zero-order valence-corrected chi connectivity index (χ0v) is 14.1. The van der Waals surface area contributed by atoms with E-state index in [-0.39, 0.29) is 16.9 Å². The summed E-state index contributed by atoms with van der Waals surface area (Å²) >= 11 is 5.18. The summed E-state index contributed by atoms with van der Waals surface area (Å²) in [5, 5.41) is 0.144. The summed E-state index contributed by atoms with van der Waals surface area (Å²) in [4.78, 5) is 13.5. The minimum absolute atomic E-state index is 0.0663. The number of aryl methyl sites for hydroxylation is 2. The van der Waals surface area contributed by atoms with E-state index >= 15 is 0 Å². The molecule has 1 atom stereocenters. The number of thiocarbonyl (C=S) groups is 1. The fourth-order valence-corrected chi connectivity index (χ4v) is 2.87. The molecule has 22 heavy (non-hydrogen) atoms. The molecule has 1 aliphatic carbocycles. The minimum Gasteiger partial charge on any atom is -0.464 e. The first-order valence-electron chi connectivity index (χ1n) is 7.29. The van der Waals surface area contributed by atoms with Gasteiger partial charge in [0.05, 0.1) is 13.2 Å². The summed E-state index contributed by atoms with van der Waals surface area (Å²) < 4.78 is 4.78. The van der Waals surface area contributed by atoms with Gasteiger partial charge in [0.2, 0.25) is 0 Å².